The molecule has 2 aromatic heterocycles. The minimum atomic E-state index is -0.383. The number of para-hydroxylation sites is 1. The summed E-state index contributed by atoms with van der Waals surface area (Å²) in [7, 11) is 0. The molecule has 0 aliphatic heterocycles. The number of ketones is 1. The van der Waals surface area contributed by atoms with Crippen molar-refractivity contribution in [3.8, 4) is 0 Å². The number of H-pyrrole nitrogens is 1. The van der Waals surface area contributed by atoms with Gasteiger partial charge in [-0.1, -0.05) is 79.6 Å². The Kier molecular flexibility index (Phi) is 5.64. The second-order valence-electron chi connectivity index (χ2n) is 8.21. The maximum absolute atomic E-state index is 13.8. The highest BCUT2D eigenvalue weighted by molar-refractivity contribution is 8.00. The van der Waals surface area contributed by atoms with Crippen molar-refractivity contribution in [1.29, 1.82) is 0 Å². The summed E-state index contributed by atoms with van der Waals surface area (Å²) in [6, 6.07) is 18.4. The normalized spacial score (nSPS) is 15.9. The molecule has 5 nitrogen and oxygen atoms in total. The Bertz CT molecular complexity index is 1190. The van der Waals surface area contributed by atoms with Gasteiger partial charge in [0, 0.05) is 28.7 Å². The Hall–Kier alpha value is -2.86. The molecule has 1 atom stereocenters. The molecule has 6 heteroatoms. The van der Waals surface area contributed by atoms with E-state index < -0.39 is 0 Å². The van der Waals surface area contributed by atoms with E-state index in [0.717, 1.165) is 45.9 Å². The molecule has 1 aliphatic carbocycles. The number of benzene rings is 2. The van der Waals surface area contributed by atoms with E-state index in [9.17, 15) is 4.79 Å². The summed E-state index contributed by atoms with van der Waals surface area (Å²) in [5, 5.41) is 10.3. The standard InChI is InChI=1S/C25H26N4OS/c1-17-27-28-25(29(17)19-12-6-3-7-13-19)31-24(18-10-4-2-5-11-18)23(30)21-16-26-22-15-9-8-14-20(21)22/h2,4-5,8-11,14-16,19,24,26H,3,6-7,12-13H2,1H3. The van der Waals surface area contributed by atoms with Gasteiger partial charge in [0.15, 0.2) is 10.9 Å². The number of aromatic amines is 1. The molecule has 1 aliphatic rings. The van der Waals surface area contributed by atoms with E-state index >= 15 is 0 Å². The summed E-state index contributed by atoms with van der Waals surface area (Å²) in [5.74, 6) is 1.02. The molecule has 1 fully saturated rings. The summed E-state index contributed by atoms with van der Waals surface area (Å²) in [6.45, 7) is 2.02. The fraction of sp³-hybridized carbons (Fsp3) is 0.320. The largest absolute Gasteiger partial charge is 0.360 e. The number of thioether (sulfide) groups is 1. The topological polar surface area (TPSA) is 63.6 Å². The Morgan fingerprint density at radius 1 is 1.03 bits per heavy atom. The molecule has 158 valence electrons. The number of hydrogen-bond acceptors (Lipinski definition) is 4. The molecule has 0 spiro atoms. The van der Waals surface area contributed by atoms with E-state index in [1.165, 1.54) is 31.0 Å². The first-order valence-corrected chi connectivity index (χ1v) is 11.8. The van der Waals surface area contributed by atoms with Gasteiger partial charge in [-0.2, -0.15) is 0 Å². The van der Waals surface area contributed by atoms with Crippen LogP contribution in [-0.2, 0) is 0 Å². The molecule has 0 saturated heterocycles. The summed E-state index contributed by atoms with van der Waals surface area (Å²) in [6.07, 6.45) is 7.91. The van der Waals surface area contributed by atoms with E-state index in [1.807, 2.05) is 67.7 Å². The van der Waals surface area contributed by atoms with Crippen LogP contribution in [0.1, 0.15) is 65.1 Å². The van der Waals surface area contributed by atoms with Crippen molar-refractivity contribution in [1.82, 2.24) is 19.7 Å². The molecule has 0 radical (unpaired) electrons. The van der Waals surface area contributed by atoms with Crippen molar-refractivity contribution in [2.24, 2.45) is 0 Å². The Labute approximate surface area is 186 Å². The van der Waals surface area contributed by atoms with Gasteiger partial charge in [0.1, 0.15) is 11.1 Å². The van der Waals surface area contributed by atoms with E-state index in [4.69, 9.17) is 0 Å². The molecular weight excluding hydrogens is 404 g/mol. The minimum absolute atomic E-state index is 0.0875. The van der Waals surface area contributed by atoms with Crippen molar-refractivity contribution in [2.75, 3.05) is 0 Å². The van der Waals surface area contributed by atoms with E-state index in [0.29, 0.717) is 6.04 Å². The third-order valence-corrected chi connectivity index (χ3v) is 7.40. The predicted molar refractivity (Wildman–Crippen MR) is 125 cm³/mol. The first-order chi connectivity index (χ1) is 15.2. The predicted octanol–water partition coefficient (Wildman–Crippen LogP) is 6.29. The molecule has 2 aromatic carbocycles. The smallest absolute Gasteiger partial charge is 0.192 e. The molecule has 1 unspecified atom stereocenters. The van der Waals surface area contributed by atoms with E-state index in [-0.39, 0.29) is 11.0 Å². The number of hydrogen-bond donors (Lipinski definition) is 1. The molecule has 1 N–H and O–H groups in total. The molecule has 31 heavy (non-hydrogen) atoms. The van der Waals surface area contributed by atoms with Crippen LogP contribution in [-0.4, -0.2) is 25.5 Å². The number of Topliss-reactive ketones (excluding diaryl/α,β-unsaturated/α-hetero) is 1. The van der Waals surface area contributed by atoms with Crippen LogP contribution in [0.5, 0.6) is 0 Å². The number of aryl methyl sites for hydroxylation is 1. The second kappa shape index (κ2) is 8.71. The van der Waals surface area contributed by atoms with Gasteiger partial charge in [0.25, 0.3) is 0 Å². The minimum Gasteiger partial charge on any atom is -0.360 e. The molecule has 5 rings (SSSR count). The van der Waals surface area contributed by atoms with Gasteiger partial charge in [-0.05, 0) is 31.4 Å². The average Bonchev–Trinajstić information content (AvgIpc) is 3.41. The zero-order chi connectivity index (χ0) is 21.2. The van der Waals surface area contributed by atoms with Gasteiger partial charge in [0.05, 0.1) is 0 Å². The number of aromatic nitrogens is 4. The molecule has 2 heterocycles. The average molecular weight is 431 g/mol. The maximum Gasteiger partial charge on any atom is 0.192 e. The molecule has 4 aromatic rings. The Morgan fingerprint density at radius 3 is 2.58 bits per heavy atom. The van der Waals surface area contributed by atoms with Gasteiger partial charge in [-0.3, -0.25) is 4.79 Å². The van der Waals surface area contributed by atoms with Crippen molar-refractivity contribution in [3.05, 3.63) is 77.7 Å². The van der Waals surface area contributed by atoms with Crippen LogP contribution in [0.25, 0.3) is 10.9 Å². The van der Waals surface area contributed by atoms with Crippen LogP contribution in [0.2, 0.25) is 0 Å². The number of nitrogens with zero attached hydrogens (tertiary/aromatic N) is 3. The maximum atomic E-state index is 13.8. The van der Waals surface area contributed by atoms with Crippen LogP contribution in [0, 0.1) is 6.92 Å². The van der Waals surface area contributed by atoms with Crippen LogP contribution < -0.4 is 0 Å². The number of carbonyl (C=O) groups excluding carboxylic acids is 1. The van der Waals surface area contributed by atoms with Gasteiger partial charge < -0.3 is 9.55 Å². The van der Waals surface area contributed by atoms with E-state index in [1.54, 1.807) is 0 Å². The summed E-state index contributed by atoms with van der Waals surface area (Å²) in [5.41, 5.74) is 2.68. The Balaban J connectivity index is 1.53. The van der Waals surface area contributed by atoms with Gasteiger partial charge in [-0.25, -0.2) is 0 Å². The third-order valence-electron chi connectivity index (χ3n) is 6.19. The van der Waals surface area contributed by atoms with Crippen LogP contribution >= 0.6 is 11.8 Å². The highest BCUT2D eigenvalue weighted by atomic mass is 32.2. The lowest BCUT2D eigenvalue weighted by atomic mass is 9.95. The van der Waals surface area contributed by atoms with Gasteiger partial charge in [-0.15, -0.1) is 10.2 Å². The van der Waals surface area contributed by atoms with Gasteiger partial charge >= 0.3 is 0 Å². The molecule has 0 bridgehead atoms. The fourth-order valence-corrected chi connectivity index (χ4v) is 5.83. The summed E-state index contributed by atoms with van der Waals surface area (Å²) >= 11 is 1.52. The zero-order valence-corrected chi connectivity index (χ0v) is 18.4. The number of carbonyl (C=O) groups is 1. The van der Waals surface area contributed by atoms with Crippen molar-refractivity contribution >= 4 is 28.4 Å². The lowest BCUT2D eigenvalue weighted by molar-refractivity contribution is 0.0991. The number of nitrogens with one attached hydrogen (secondary N) is 1. The molecular formula is C25H26N4OS. The van der Waals surface area contributed by atoms with Crippen molar-refractivity contribution in [2.45, 2.75) is 55.5 Å². The van der Waals surface area contributed by atoms with Crippen molar-refractivity contribution in [3.63, 3.8) is 0 Å². The number of fused-ring (bicyclic) bond motifs is 1. The van der Waals surface area contributed by atoms with Crippen LogP contribution in [0.4, 0.5) is 0 Å². The SMILES string of the molecule is Cc1nnc(SC(C(=O)c2c[nH]c3ccccc23)c2ccccc2)n1C1CCCCC1. The van der Waals surface area contributed by atoms with E-state index in [2.05, 4.69) is 19.7 Å². The monoisotopic (exact) mass is 430 g/mol. The zero-order valence-electron chi connectivity index (χ0n) is 17.6. The summed E-state index contributed by atoms with van der Waals surface area (Å²) in [4.78, 5) is 17.1. The number of rotatable bonds is 6. The highest BCUT2D eigenvalue weighted by Crippen LogP contribution is 2.41. The first-order valence-electron chi connectivity index (χ1n) is 11.0. The molecule has 1 saturated carbocycles. The fourth-order valence-electron chi connectivity index (χ4n) is 4.61. The Morgan fingerprint density at radius 2 is 1.77 bits per heavy atom. The van der Waals surface area contributed by atoms with Gasteiger partial charge in [0.2, 0.25) is 0 Å². The highest BCUT2D eigenvalue weighted by Gasteiger charge is 2.29. The third kappa shape index (κ3) is 3.92. The van der Waals surface area contributed by atoms with Crippen LogP contribution in [0.3, 0.4) is 0 Å². The molecule has 0 amide bonds. The lowest BCUT2D eigenvalue weighted by Crippen LogP contribution is -2.17. The second-order valence-corrected chi connectivity index (χ2v) is 9.28. The summed E-state index contributed by atoms with van der Waals surface area (Å²) < 4.78 is 2.27. The van der Waals surface area contributed by atoms with Crippen molar-refractivity contribution < 1.29 is 4.79 Å². The first kappa shape index (κ1) is 20.1. The van der Waals surface area contributed by atoms with Crippen LogP contribution in [0.15, 0.2) is 66.0 Å². The lowest BCUT2D eigenvalue weighted by Gasteiger charge is -2.26. The quantitative estimate of drug-likeness (QED) is 0.288.